The molecule has 27 heavy (non-hydrogen) atoms. The van der Waals surface area contributed by atoms with Crippen LogP contribution in [0.25, 0.3) is 22.1 Å². The summed E-state index contributed by atoms with van der Waals surface area (Å²) in [6.45, 7) is 1.81. The molecule has 5 rings (SSSR count). The SMILES string of the molecule is CC1=NN(c2ccccc2)C(=O)[C@@H]1/C=c1\sc2nc3ccccc3n2c1=O. The first kappa shape index (κ1) is 15.9. The summed E-state index contributed by atoms with van der Waals surface area (Å²) < 4.78 is 2.11. The molecule has 0 saturated carbocycles. The Bertz CT molecular complexity index is 1340. The van der Waals surface area contributed by atoms with Crippen molar-refractivity contribution in [2.24, 2.45) is 11.0 Å². The lowest BCUT2D eigenvalue weighted by atomic mass is 10.0. The molecule has 4 aromatic rings. The second kappa shape index (κ2) is 5.85. The molecule has 0 bridgehead atoms. The van der Waals surface area contributed by atoms with Gasteiger partial charge in [0.15, 0.2) is 4.96 Å². The van der Waals surface area contributed by atoms with Crippen LogP contribution in [0.4, 0.5) is 5.69 Å². The van der Waals surface area contributed by atoms with Gasteiger partial charge < -0.3 is 0 Å². The van der Waals surface area contributed by atoms with Crippen LogP contribution in [0.5, 0.6) is 0 Å². The molecule has 7 heteroatoms. The number of carbonyl (C=O) groups excluding carboxylic acids is 1. The zero-order chi connectivity index (χ0) is 18.5. The van der Waals surface area contributed by atoms with E-state index in [9.17, 15) is 9.59 Å². The predicted molar refractivity (Wildman–Crippen MR) is 107 cm³/mol. The number of anilines is 1. The number of imidazole rings is 1. The third-order valence-electron chi connectivity index (χ3n) is 4.65. The average Bonchev–Trinajstić information content (AvgIpc) is 3.29. The summed E-state index contributed by atoms with van der Waals surface area (Å²) in [6, 6.07) is 16.8. The van der Waals surface area contributed by atoms with Crippen LogP contribution in [0.15, 0.2) is 64.5 Å². The number of hydrazone groups is 1. The number of carbonyl (C=O) groups is 1. The van der Waals surface area contributed by atoms with Crippen molar-refractivity contribution in [1.29, 1.82) is 0 Å². The maximum atomic E-state index is 12.9. The Morgan fingerprint density at radius 1 is 1.04 bits per heavy atom. The molecule has 132 valence electrons. The van der Waals surface area contributed by atoms with Crippen molar-refractivity contribution in [1.82, 2.24) is 9.38 Å². The number of fused-ring (bicyclic) bond motifs is 3. The summed E-state index contributed by atoms with van der Waals surface area (Å²) in [5.41, 5.74) is 2.80. The number of rotatable bonds is 2. The highest BCUT2D eigenvalue weighted by atomic mass is 32.1. The predicted octanol–water partition coefficient (Wildman–Crippen LogP) is 2.45. The Morgan fingerprint density at radius 3 is 2.59 bits per heavy atom. The van der Waals surface area contributed by atoms with Crippen LogP contribution in [0, 0.1) is 5.92 Å². The van der Waals surface area contributed by atoms with Gasteiger partial charge in [0.25, 0.3) is 11.5 Å². The minimum Gasteiger partial charge on any atom is -0.271 e. The van der Waals surface area contributed by atoms with Crippen molar-refractivity contribution in [2.45, 2.75) is 6.92 Å². The Balaban J connectivity index is 1.61. The Hall–Kier alpha value is -3.32. The molecule has 0 unspecified atom stereocenters. The van der Waals surface area contributed by atoms with Gasteiger partial charge in [-0.25, -0.2) is 9.38 Å². The van der Waals surface area contributed by atoms with Crippen molar-refractivity contribution >= 4 is 50.7 Å². The third-order valence-corrected chi connectivity index (χ3v) is 5.63. The number of nitrogens with zero attached hydrogens (tertiary/aromatic N) is 4. The molecule has 0 N–H and O–H groups in total. The lowest BCUT2D eigenvalue weighted by Gasteiger charge is -2.12. The van der Waals surface area contributed by atoms with E-state index in [1.54, 1.807) is 17.4 Å². The number of aromatic nitrogens is 2. The smallest absolute Gasteiger partial charge is 0.271 e. The molecule has 0 aliphatic carbocycles. The van der Waals surface area contributed by atoms with Crippen LogP contribution in [0.3, 0.4) is 0 Å². The molecule has 0 radical (unpaired) electrons. The van der Waals surface area contributed by atoms with Crippen LogP contribution in [0.2, 0.25) is 0 Å². The van der Waals surface area contributed by atoms with Crippen molar-refractivity contribution in [3.05, 3.63) is 69.5 Å². The normalized spacial score (nSPS) is 18.0. The first-order valence-electron chi connectivity index (χ1n) is 8.49. The number of amides is 1. The van der Waals surface area contributed by atoms with Gasteiger partial charge >= 0.3 is 0 Å². The fourth-order valence-corrected chi connectivity index (χ4v) is 4.30. The molecule has 1 atom stereocenters. The molecule has 0 spiro atoms. The van der Waals surface area contributed by atoms with Gasteiger partial charge in [-0.05, 0) is 37.3 Å². The summed E-state index contributed by atoms with van der Waals surface area (Å²) in [5, 5.41) is 5.79. The maximum absolute atomic E-state index is 12.9. The van der Waals surface area contributed by atoms with Crippen LogP contribution >= 0.6 is 11.3 Å². The summed E-state index contributed by atoms with van der Waals surface area (Å²) in [6.07, 6.45) is 1.71. The molecule has 3 heterocycles. The molecule has 1 amide bonds. The average molecular weight is 374 g/mol. The zero-order valence-corrected chi connectivity index (χ0v) is 15.2. The topological polar surface area (TPSA) is 67.0 Å². The molecule has 0 saturated heterocycles. The standard InChI is InChI=1S/C20H14N4O2S/c1-12-14(18(25)24(22-12)13-7-3-2-4-8-13)11-17-19(26)23-16-10-6-5-9-15(16)21-20(23)27-17/h2-11,14H,1H3/b17-11-/t14-/m1/s1. The van der Waals surface area contributed by atoms with E-state index < -0.39 is 5.92 Å². The van der Waals surface area contributed by atoms with E-state index in [-0.39, 0.29) is 11.5 Å². The highest BCUT2D eigenvalue weighted by Gasteiger charge is 2.33. The van der Waals surface area contributed by atoms with Gasteiger partial charge in [-0.3, -0.25) is 9.59 Å². The van der Waals surface area contributed by atoms with Crippen molar-refractivity contribution in [3.63, 3.8) is 0 Å². The summed E-state index contributed by atoms with van der Waals surface area (Å²) in [4.78, 5) is 30.9. The van der Waals surface area contributed by atoms with Gasteiger partial charge in [-0.2, -0.15) is 10.1 Å². The van der Waals surface area contributed by atoms with Gasteiger partial charge in [-0.15, -0.1) is 0 Å². The first-order valence-corrected chi connectivity index (χ1v) is 9.31. The van der Waals surface area contributed by atoms with Crippen LogP contribution in [-0.4, -0.2) is 21.0 Å². The Morgan fingerprint density at radius 2 is 1.78 bits per heavy atom. The highest BCUT2D eigenvalue weighted by Crippen LogP contribution is 2.24. The first-order chi connectivity index (χ1) is 13.1. The van der Waals surface area contributed by atoms with E-state index in [1.165, 1.54) is 16.3 Å². The molecular formula is C20H14N4O2S. The third kappa shape index (κ3) is 2.39. The minimum atomic E-state index is -0.549. The lowest BCUT2D eigenvalue weighted by Crippen LogP contribution is -2.30. The molecule has 1 aliphatic heterocycles. The van der Waals surface area contributed by atoms with E-state index in [0.29, 0.717) is 20.9 Å². The summed E-state index contributed by atoms with van der Waals surface area (Å²) in [5.74, 6) is -0.707. The number of hydrogen-bond donors (Lipinski definition) is 0. The minimum absolute atomic E-state index is 0.150. The molecular weight excluding hydrogens is 360 g/mol. The summed E-state index contributed by atoms with van der Waals surface area (Å²) >= 11 is 1.30. The second-order valence-electron chi connectivity index (χ2n) is 6.36. The van der Waals surface area contributed by atoms with E-state index in [1.807, 2.05) is 54.6 Å². The molecule has 1 aliphatic rings. The monoisotopic (exact) mass is 374 g/mol. The quantitative estimate of drug-likeness (QED) is 0.541. The number of para-hydroxylation sites is 3. The van der Waals surface area contributed by atoms with Crippen molar-refractivity contribution < 1.29 is 4.79 Å². The lowest BCUT2D eigenvalue weighted by molar-refractivity contribution is -0.118. The van der Waals surface area contributed by atoms with E-state index in [2.05, 4.69) is 10.1 Å². The number of thiazole rings is 1. The zero-order valence-electron chi connectivity index (χ0n) is 14.4. The molecule has 0 fully saturated rings. The highest BCUT2D eigenvalue weighted by molar-refractivity contribution is 7.15. The van der Waals surface area contributed by atoms with Gasteiger partial charge in [0.2, 0.25) is 0 Å². The molecule has 6 nitrogen and oxygen atoms in total. The fraction of sp³-hybridized carbons (Fsp3) is 0.100. The molecule has 2 aromatic carbocycles. The largest absolute Gasteiger partial charge is 0.274 e. The van der Waals surface area contributed by atoms with E-state index >= 15 is 0 Å². The van der Waals surface area contributed by atoms with Crippen LogP contribution in [0.1, 0.15) is 6.92 Å². The summed E-state index contributed by atoms with van der Waals surface area (Å²) in [7, 11) is 0. The second-order valence-corrected chi connectivity index (χ2v) is 7.37. The maximum Gasteiger partial charge on any atom is 0.274 e. The van der Waals surface area contributed by atoms with Crippen molar-refractivity contribution in [3.8, 4) is 0 Å². The van der Waals surface area contributed by atoms with Gasteiger partial charge in [0.05, 0.1) is 27.0 Å². The molecule has 2 aromatic heterocycles. The van der Waals surface area contributed by atoms with E-state index in [4.69, 9.17) is 0 Å². The van der Waals surface area contributed by atoms with Gasteiger partial charge in [0.1, 0.15) is 5.92 Å². The number of benzene rings is 2. The van der Waals surface area contributed by atoms with Crippen molar-refractivity contribution in [2.75, 3.05) is 5.01 Å². The van der Waals surface area contributed by atoms with E-state index in [0.717, 1.165) is 11.0 Å². The Labute approximate surface area is 157 Å². The Kier molecular flexibility index (Phi) is 3.45. The van der Waals surface area contributed by atoms with Gasteiger partial charge in [-0.1, -0.05) is 41.7 Å². The van der Waals surface area contributed by atoms with Crippen LogP contribution in [-0.2, 0) is 4.79 Å². The van der Waals surface area contributed by atoms with Gasteiger partial charge in [0, 0.05) is 0 Å². The number of hydrogen-bond acceptors (Lipinski definition) is 5. The fourth-order valence-electron chi connectivity index (χ4n) is 3.30. The van der Waals surface area contributed by atoms with Crippen LogP contribution < -0.4 is 15.1 Å².